The zero-order chi connectivity index (χ0) is 20.8. The standard InChI is InChI=1S/C25H34N4O/c1-21-7-2-3-9-23(21)20-27-14-6-8-22(19-27)11-12-25(30)29-17-15-28(16-18-29)24-10-4-5-13-26-24/h2-5,7,9-10,13,22H,6,8,11-12,14-20H2,1H3/t22-/m1/s1. The van der Waals surface area contributed by atoms with Crippen LogP contribution in [0.2, 0.25) is 0 Å². The van der Waals surface area contributed by atoms with Crippen LogP contribution < -0.4 is 4.90 Å². The Balaban J connectivity index is 1.21. The number of piperidine rings is 1. The molecule has 0 bridgehead atoms. The van der Waals surface area contributed by atoms with Gasteiger partial charge < -0.3 is 9.80 Å². The van der Waals surface area contributed by atoms with Crippen LogP contribution in [0, 0.1) is 12.8 Å². The highest BCUT2D eigenvalue weighted by Gasteiger charge is 2.24. The summed E-state index contributed by atoms with van der Waals surface area (Å²) in [6.45, 7) is 8.88. The second kappa shape index (κ2) is 10.1. The lowest BCUT2D eigenvalue weighted by atomic mass is 9.92. The van der Waals surface area contributed by atoms with Crippen molar-refractivity contribution < 1.29 is 4.79 Å². The maximum atomic E-state index is 12.8. The summed E-state index contributed by atoms with van der Waals surface area (Å²) in [5.41, 5.74) is 2.81. The Morgan fingerprint density at radius 2 is 1.83 bits per heavy atom. The van der Waals surface area contributed by atoms with Gasteiger partial charge in [0, 0.05) is 51.9 Å². The molecule has 0 spiro atoms. The Kier molecular flexibility index (Phi) is 7.00. The quantitative estimate of drug-likeness (QED) is 0.733. The maximum absolute atomic E-state index is 12.8. The number of amides is 1. The van der Waals surface area contributed by atoms with Crippen LogP contribution in [-0.4, -0.2) is 60.0 Å². The van der Waals surface area contributed by atoms with Gasteiger partial charge in [0.15, 0.2) is 0 Å². The van der Waals surface area contributed by atoms with Crippen LogP contribution in [0.25, 0.3) is 0 Å². The molecule has 1 atom stereocenters. The Labute approximate surface area is 180 Å². The maximum Gasteiger partial charge on any atom is 0.222 e. The van der Waals surface area contributed by atoms with E-state index in [1.165, 1.54) is 30.5 Å². The van der Waals surface area contributed by atoms with Crippen molar-refractivity contribution in [2.75, 3.05) is 44.2 Å². The first-order chi connectivity index (χ1) is 14.7. The molecule has 2 fully saturated rings. The van der Waals surface area contributed by atoms with Crippen molar-refractivity contribution in [1.82, 2.24) is 14.8 Å². The highest BCUT2D eigenvalue weighted by Crippen LogP contribution is 2.24. The molecule has 0 radical (unpaired) electrons. The summed E-state index contributed by atoms with van der Waals surface area (Å²) in [6.07, 6.45) is 6.04. The van der Waals surface area contributed by atoms with E-state index in [4.69, 9.17) is 0 Å². The van der Waals surface area contributed by atoms with Gasteiger partial charge in [-0.3, -0.25) is 9.69 Å². The predicted molar refractivity (Wildman–Crippen MR) is 121 cm³/mol. The zero-order valence-corrected chi connectivity index (χ0v) is 18.2. The van der Waals surface area contributed by atoms with Crippen molar-refractivity contribution in [3.8, 4) is 0 Å². The van der Waals surface area contributed by atoms with Crippen molar-refractivity contribution in [1.29, 1.82) is 0 Å². The Hall–Kier alpha value is -2.40. The molecule has 160 valence electrons. The molecule has 0 unspecified atom stereocenters. The molecule has 5 heteroatoms. The minimum atomic E-state index is 0.326. The SMILES string of the molecule is Cc1ccccc1CN1CCC[C@H](CCC(=O)N2CCN(c3ccccn3)CC2)C1. The van der Waals surface area contributed by atoms with Crippen molar-refractivity contribution >= 4 is 11.7 Å². The lowest BCUT2D eigenvalue weighted by Gasteiger charge is -2.36. The fraction of sp³-hybridized carbons (Fsp3) is 0.520. The number of benzene rings is 1. The third kappa shape index (κ3) is 5.39. The van der Waals surface area contributed by atoms with Gasteiger partial charge in [0.25, 0.3) is 0 Å². The fourth-order valence-electron chi connectivity index (χ4n) is 4.77. The Bertz CT molecular complexity index is 817. The van der Waals surface area contributed by atoms with Gasteiger partial charge >= 0.3 is 0 Å². The number of aromatic nitrogens is 1. The van der Waals surface area contributed by atoms with E-state index in [9.17, 15) is 4.79 Å². The largest absolute Gasteiger partial charge is 0.353 e. The molecule has 2 aliphatic rings. The lowest BCUT2D eigenvalue weighted by Crippen LogP contribution is -2.49. The minimum Gasteiger partial charge on any atom is -0.353 e. The first kappa shape index (κ1) is 20.9. The average molecular weight is 407 g/mol. The number of nitrogens with zero attached hydrogens (tertiary/aromatic N) is 4. The van der Waals surface area contributed by atoms with Crippen LogP contribution in [0.1, 0.15) is 36.8 Å². The number of carbonyl (C=O) groups excluding carboxylic acids is 1. The molecule has 2 aromatic rings. The molecule has 1 amide bonds. The number of hydrogen-bond acceptors (Lipinski definition) is 4. The van der Waals surface area contributed by atoms with Crippen LogP contribution >= 0.6 is 0 Å². The van der Waals surface area contributed by atoms with E-state index in [0.717, 1.165) is 51.5 Å². The fourth-order valence-corrected chi connectivity index (χ4v) is 4.77. The van der Waals surface area contributed by atoms with Gasteiger partial charge in [0.05, 0.1) is 0 Å². The Morgan fingerprint density at radius 3 is 2.60 bits per heavy atom. The molecule has 5 nitrogen and oxygen atoms in total. The van der Waals surface area contributed by atoms with Crippen LogP contribution in [0.15, 0.2) is 48.7 Å². The number of piperazine rings is 1. The highest BCUT2D eigenvalue weighted by atomic mass is 16.2. The first-order valence-electron chi connectivity index (χ1n) is 11.4. The molecule has 0 saturated carbocycles. The predicted octanol–water partition coefficient (Wildman–Crippen LogP) is 3.73. The Morgan fingerprint density at radius 1 is 1.03 bits per heavy atom. The van der Waals surface area contributed by atoms with Gasteiger partial charge in [-0.05, 0) is 61.9 Å². The van der Waals surface area contributed by atoms with Crippen molar-refractivity contribution in [3.63, 3.8) is 0 Å². The van der Waals surface area contributed by atoms with Crippen molar-refractivity contribution in [3.05, 3.63) is 59.8 Å². The van der Waals surface area contributed by atoms with Crippen LogP contribution in [-0.2, 0) is 11.3 Å². The van der Waals surface area contributed by atoms with E-state index < -0.39 is 0 Å². The number of rotatable bonds is 6. The molecule has 3 heterocycles. The molecular weight excluding hydrogens is 372 g/mol. The van der Waals surface area contributed by atoms with Crippen molar-refractivity contribution in [2.45, 2.75) is 39.2 Å². The van der Waals surface area contributed by atoms with Gasteiger partial charge in [-0.25, -0.2) is 4.98 Å². The van der Waals surface area contributed by atoms with Gasteiger partial charge in [0.1, 0.15) is 5.82 Å². The third-order valence-electron chi connectivity index (χ3n) is 6.63. The number of likely N-dealkylation sites (tertiary alicyclic amines) is 1. The van der Waals surface area contributed by atoms with Gasteiger partial charge in [0.2, 0.25) is 5.91 Å². The molecule has 2 saturated heterocycles. The van der Waals surface area contributed by atoms with E-state index in [2.05, 4.69) is 46.0 Å². The first-order valence-corrected chi connectivity index (χ1v) is 11.4. The molecule has 1 aromatic heterocycles. The molecular formula is C25H34N4O. The molecule has 1 aromatic carbocycles. The van der Waals surface area contributed by atoms with Gasteiger partial charge in [-0.15, -0.1) is 0 Å². The summed E-state index contributed by atoms with van der Waals surface area (Å²) in [5.74, 6) is 1.98. The summed E-state index contributed by atoms with van der Waals surface area (Å²) in [5, 5.41) is 0. The van der Waals surface area contributed by atoms with E-state index in [0.29, 0.717) is 18.2 Å². The van der Waals surface area contributed by atoms with Crippen LogP contribution in [0.3, 0.4) is 0 Å². The van der Waals surface area contributed by atoms with E-state index in [1.54, 1.807) is 0 Å². The third-order valence-corrected chi connectivity index (χ3v) is 6.63. The van der Waals surface area contributed by atoms with Crippen molar-refractivity contribution in [2.24, 2.45) is 5.92 Å². The molecule has 4 rings (SSSR count). The number of pyridine rings is 1. The second-order valence-electron chi connectivity index (χ2n) is 8.76. The highest BCUT2D eigenvalue weighted by molar-refractivity contribution is 5.76. The van der Waals surface area contributed by atoms with Gasteiger partial charge in [-0.2, -0.15) is 0 Å². The van der Waals surface area contributed by atoms with E-state index >= 15 is 0 Å². The number of aryl methyl sites for hydroxylation is 1. The summed E-state index contributed by atoms with van der Waals surface area (Å²) in [6, 6.07) is 14.7. The van der Waals surface area contributed by atoms with E-state index in [-0.39, 0.29) is 0 Å². The number of carbonyl (C=O) groups is 1. The average Bonchev–Trinajstić information content (AvgIpc) is 2.80. The summed E-state index contributed by atoms with van der Waals surface area (Å²) in [4.78, 5) is 24.1. The van der Waals surface area contributed by atoms with Gasteiger partial charge in [-0.1, -0.05) is 30.3 Å². The topological polar surface area (TPSA) is 39.7 Å². The second-order valence-corrected chi connectivity index (χ2v) is 8.76. The number of anilines is 1. The van der Waals surface area contributed by atoms with Crippen LogP contribution in [0.5, 0.6) is 0 Å². The monoisotopic (exact) mass is 406 g/mol. The normalized spacial score (nSPS) is 20.4. The summed E-state index contributed by atoms with van der Waals surface area (Å²) >= 11 is 0. The molecule has 0 N–H and O–H groups in total. The van der Waals surface area contributed by atoms with Crippen LogP contribution in [0.4, 0.5) is 5.82 Å². The smallest absolute Gasteiger partial charge is 0.222 e. The zero-order valence-electron chi connectivity index (χ0n) is 18.2. The van der Waals surface area contributed by atoms with E-state index in [1.807, 2.05) is 29.3 Å². The molecule has 30 heavy (non-hydrogen) atoms. The molecule has 2 aliphatic heterocycles. The lowest BCUT2D eigenvalue weighted by molar-refractivity contribution is -0.131. The summed E-state index contributed by atoms with van der Waals surface area (Å²) in [7, 11) is 0. The summed E-state index contributed by atoms with van der Waals surface area (Å²) < 4.78 is 0. The molecule has 0 aliphatic carbocycles. The minimum absolute atomic E-state index is 0.326. The number of hydrogen-bond donors (Lipinski definition) is 0.